The number of carbonyl (C=O) groups is 1. The fourth-order valence-electron chi connectivity index (χ4n) is 4.06. The van der Waals surface area contributed by atoms with E-state index >= 15 is 0 Å². The molecule has 3 aromatic rings. The number of hydrogen-bond acceptors (Lipinski definition) is 7. The molecule has 1 N–H and O–H groups in total. The van der Waals surface area contributed by atoms with Gasteiger partial charge in [-0.15, -0.1) is 0 Å². The third kappa shape index (κ3) is 3.38. The van der Waals surface area contributed by atoms with Crippen LogP contribution in [-0.2, 0) is 0 Å². The van der Waals surface area contributed by atoms with Crippen LogP contribution in [0.5, 0.6) is 5.88 Å². The molecule has 2 aliphatic heterocycles. The molecule has 4 heterocycles. The lowest BCUT2D eigenvalue weighted by atomic mass is 10.1. The maximum absolute atomic E-state index is 13.3. The summed E-state index contributed by atoms with van der Waals surface area (Å²) < 4.78 is 5.09. The van der Waals surface area contributed by atoms with Gasteiger partial charge in [-0.2, -0.15) is 10.2 Å². The number of carbonyl (C=O) groups excluding carboxylic acids is 1. The molecule has 2 amide bonds. The number of nitrogens with zero attached hydrogens (tertiary/aromatic N) is 6. The van der Waals surface area contributed by atoms with Crippen molar-refractivity contribution in [2.75, 3.05) is 35.3 Å². The lowest BCUT2D eigenvalue weighted by Crippen LogP contribution is -2.48. The normalized spacial score (nSPS) is 16.5. The van der Waals surface area contributed by atoms with Crippen molar-refractivity contribution in [3.63, 3.8) is 0 Å². The standard InChI is InChI=1S/C22H19N7O2/c1-31-20-12-24-11-19(26-20)27-22(30)29-16-7-8-28(13-16)18-6-5-17(25-21(18)29)15-4-2-3-14(9-15)10-23/h2-6,9,11-12,16H,7-8,13H2,1H3,(H,26,27,30)/t16-/m0/s1. The number of pyridine rings is 1. The lowest BCUT2D eigenvalue weighted by molar-refractivity contribution is 0.254. The van der Waals surface area contributed by atoms with Gasteiger partial charge in [0.25, 0.3) is 0 Å². The van der Waals surface area contributed by atoms with E-state index in [1.807, 2.05) is 24.3 Å². The Kier molecular flexibility index (Phi) is 4.59. The zero-order chi connectivity index (χ0) is 21.4. The number of rotatable bonds is 3. The number of nitrogens with one attached hydrogen (secondary N) is 1. The molecule has 1 aromatic carbocycles. The molecular weight excluding hydrogens is 394 g/mol. The molecule has 1 atom stereocenters. The highest BCUT2D eigenvalue weighted by Gasteiger charge is 2.40. The molecule has 0 aliphatic carbocycles. The number of methoxy groups -OCH3 is 1. The molecule has 0 saturated carbocycles. The van der Waals surface area contributed by atoms with Crippen molar-refractivity contribution >= 4 is 23.4 Å². The number of amides is 2. The largest absolute Gasteiger partial charge is 0.480 e. The Balaban J connectivity index is 1.52. The van der Waals surface area contributed by atoms with Crippen LogP contribution in [0.25, 0.3) is 11.3 Å². The minimum Gasteiger partial charge on any atom is -0.480 e. The van der Waals surface area contributed by atoms with E-state index < -0.39 is 0 Å². The van der Waals surface area contributed by atoms with Crippen LogP contribution in [0.15, 0.2) is 48.8 Å². The second-order valence-electron chi connectivity index (χ2n) is 7.37. The predicted molar refractivity (Wildman–Crippen MR) is 115 cm³/mol. The van der Waals surface area contributed by atoms with E-state index in [2.05, 4.69) is 26.3 Å². The van der Waals surface area contributed by atoms with Gasteiger partial charge in [0, 0.05) is 18.7 Å². The first-order valence-electron chi connectivity index (χ1n) is 9.89. The second kappa shape index (κ2) is 7.57. The fraction of sp³-hybridized carbons (Fsp3) is 0.227. The van der Waals surface area contributed by atoms with Crippen LogP contribution >= 0.6 is 0 Å². The number of fused-ring (bicyclic) bond motifs is 4. The van der Waals surface area contributed by atoms with Crippen molar-refractivity contribution in [1.29, 1.82) is 5.26 Å². The minimum absolute atomic E-state index is 0.0132. The maximum atomic E-state index is 13.3. The molecule has 154 valence electrons. The SMILES string of the molecule is COc1cncc(NC(=O)N2c3nc(-c4cccc(C#N)c4)ccc3N3CC[C@H]2C3)n1. The summed E-state index contributed by atoms with van der Waals surface area (Å²) in [7, 11) is 1.50. The molecule has 0 spiro atoms. The van der Waals surface area contributed by atoms with Crippen LogP contribution in [0.1, 0.15) is 12.0 Å². The average molecular weight is 413 g/mol. The van der Waals surface area contributed by atoms with Crippen molar-refractivity contribution in [3.8, 4) is 23.2 Å². The van der Waals surface area contributed by atoms with Crippen molar-refractivity contribution in [3.05, 3.63) is 54.4 Å². The first kappa shape index (κ1) is 18.8. The molecule has 1 saturated heterocycles. The fourth-order valence-corrected chi connectivity index (χ4v) is 4.06. The summed E-state index contributed by atoms with van der Waals surface area (Å²) in [6.45, 7) is 1.63. The summed E-state index contributed by atoms with van der Waals surface area (Å²) in [4.78, 5) is 30.3. The van der Waals surface area contributed by atoms with Crippen molar-refractivity contribution in [1.82, 2.24) is 15.0 Å². The van der Waals surface area contributed by atoms with Gasteiger partial charge in [0.05, 0.1) is 48.6 Å². The third-order valence-corrected chi connectivity index (χ3v) is 5.51. The van der Waals surface area contributed by atoms with E-state index in [-0.39, 0.29) is 12.1 Å². The van der Waals surface area contributed by atoms with Crippen LogP contribution in [-0.4, -0.2) is 47.2 Å². The molecule has 5 rings (SSSR count). The highest BCUT2D eigenvalue weighted by Crippen LogP contribution is 2.40. The Morgan fingerprint density at radius 1 is 1.26 bits per heavy atom. The van der Waals surface area contributed by atoms with Gasteiger partial charge in [0.1, 0.15) is 0 Å². The molecule has 0 radical (unpaired) electrons. The summed E-state index contributed by atoms with van der Waals surface area (Å²) in [6.07, 6.45) is 3.81. The van der Waals surface area contributed by atoms with Crippen molar-refractivity contribution < 1.29 is 9.53 Å². The van der Waals surface area contributed by atoms with Crippen molar-refractivity contribution in [2.24, 2.45) is 0 Å². The van der Waals surface area contributed by atoms with Crippen LogP contribution < -0.4 is 19.9 Å². The Hall–Kier alpha value is -4.19. The minimum atomic E-state index is -0.314. The summed E-state index contributed by atoms with van der Waals surface area (Å²) in [5.41, 5.74) is 3.01. The number of benzene rings is 1. The number of aromatic nitrogens is 3. The summed E-state index contributed by atoms with van der Waals surface area (Å²) in [5, 5.41) is 12.0. The third-order valence-electron chi connectivity index (χ3n) is 5.51. The summed E-state index contributed by atoms with van der Waals surface area (Å²) in [5.74, 6) is 1.23. The van der Waals surface area contributed by atoms with E-state index in [1.165, 1.54) is 19.5 Å². The van der Waals surface area contributed by atoms with Crippen LogP contribution in [0.3, 0.4) is 0 Å². The van der Waals surface area contributed by atoms with Crippen LogP contribution in [0.2, 0.25) is 0 Å². The molecular formula is C22H19N7O2. The van der Waals surface area contributed by atoms with Gasteiger partial charge in [-0.25, -0.2) is 9.78 Å². The highest BCUT2D eigenvalue weighted by molar-refractivity contribution is 6.04. The second-order valence-corrected chi connectivity index (χ2v) is 7.37. The van der Waals surface area contributed by atoms with Gasteiger partial charge in [-0.05, 0) is 30.7 Å². The van der Waals surface area contributed by atoms with E-state index in [4.69, 9.17) is 9.72 Å². The predicted octanol–water partition coefficient (Wildman–Crippen LogP) is 3.05. The van der Waals surface area contributed by atoms with E-state index in [9.17, 15) is 10.1 Å². The number of urea groups is 1. The highest BCUT2D eigenvalue weighted by atomic mass is 16.5. The maximum Gasteiger partial charge on any atom is 0.329 e. The quantitative estimate of drug-likeness (QED) is 0.703. The lowest BCUT2D eigenvalue weighted by Gasteiger charge is -2.35. The molecule has 31 heavy (non-hydrogen) atoms. The number of nitriles is 1. The molecule has 2 aromatic heterocycles. The monoisotopic (exact) mass is 413 g/mol. The average Bonchev–Trinajstić information content (AvgIpc) is 3.23. The molecule has 2 bridgehead atoms. The number of ether oxygens (including phenoxy) is 1. The molecule has 9 nitrogen and oxygen atoms in total. The van der Waals surface area contributed by atoms with Crippen LogP contribution in [0, 0.1) is 11.3 Å². The van der Waals surface area contributed by atoms with E-state index in [1.54, 1.807) is 17.0 Å². The smallest absolute Gasteiger partial charge is 0.329 e. The van der Waals surface area contributed by atoms with Gasteiger partial charge in [-0.3, -0.25) is 15.2 Å². The number of anilines is 3. The van der Waals surface area contributed by atoms with Gasteiger partial charge >= 0.3 is 6.03 Å². The topological polar surface area (TPSA) is 107 Å². The molecule has 1 fully saturated rings. The Labute approximate surface area is 178 Å². The summed E-state index contributed by atoms with van der Waals surface area (Å²) >= 11 is 0. The van der Waals surface area contributed by atoms with E-state index in [0.717, 1.165) is 30.8 Å². The van der Waals surface area contributed by atoms with Crippen LogP contribution in [0.4, 0.5) is 22.1 Å². The first-order chi connectivity index (χ1) is 15.2. The first-order valence-corrected chi connectivity index (χ1v) is 9.89. The molecule has 0 unspecified atom stereocenters. The van der Waals surface area contributed by atoms with E-state index in [0.29, 0.717) is 28.8 Å². The zero-order valence-electron chi connectivity index (χ0n) is 16.8. The molecule has 9 heteroatoms. The van der Waals surface area contributed by atoms with Gasteiger partial charge in [-0.1, -0.05) is 12.1 Å². The van der Waals surface area contributed by atoms with Gasteiger partial charge in [0.15, 0.2) is 11.6 Å². The Morgan fingerprint density at radius 2 is 2.16 bits per heavy atom. The Morgan fingerprint density at radius 3 is 3.00 bits per heavy atom. The van der Waals surface area contributed by atoms with Gasteiger partial charge < -0.3 is 9.64 Å². The Bertz CT molecular complexity index is 1210. The summed E-state index contributed by atoms with van der Waals surface area (Å²) in [6, 6.07) is 13.1. The van der Waals surface area contributed by atoms with Crippen molar-refractivity contribution in [2.45, 2.75) is 12.5 Å². The number of hydrogen-bond donors (Lipinski definition) is 1. The molecule has 2 aliphatic rings. The van der Waals surface area contributed by atoms with Gasteiger partial charge in [0.2, 0.25) is 5.88 Å². The zero-order valence-corrected chi connectivity index (χ0v) is 16.8.